The maximum Gasteiger partial charge on any atom is 0.348 e. The molecule has 2 atom stereocenters. The molecule has 1 saturated heterocycles. The molecule has 1 fully saturated rings. The molecule has 0 spiro atoms. The van der Waals surface area contributed by atoms with Crippen molar-refractivity contribution < 1.29 is 28.6 Å². The molecule has 1 heterocycles. The first kappa shape index (κ1) is 29.9. The Morgan fingerprint density at radius 1 is 0.927 bits per heavy atom. The minimum atomic E-state index is -1.53. The van der Waals surface area contributed by atoms with E-state index in [1.165, 1.54) is 36.8 Å². The molecule has 3 aromatic carbocycles. The van der Waals surface area contributed by atoms with Crippen LogP contribution in [0.5, 0.6) is 11.5 Å². The van der Waals surface area contributed by atoms with E-state index in [0.29, 0.717) is 31.9 Å². The lowest BCUT2D eigenvalue weighted by Gasteiger charge is -2.26. The van der Waals surface area contributed by atoms with Crippen molar-refractivity contribution in [2.45, 2.75) is 64.1 Å². The SMILES string of the molecule is CN1C(=O)N(Cc2ccc(C(C)(C)C)cc2)CC1CCOc1ccc(CC(C)(Oc2ccc(F)cc2)C(=O)O)cc1. The van der Waals surface area contributed by atoms with Crippen molar-refractivity contribution >= 4 is 12.0 Å². The van der Waals surface area contributed by atoms with Crippen molar-refractivity contribution in [3.05, 3.63) is 95.3 Å². The fraction of sp³-hybridized carbons (Fsp3) is 0.394. The number of ether oxygens (including phenoxy) is 2. The summed E-state index contributed by atoms with van der Waals surface area (Å²) in [7, 11) is 1.83. The Balaban J connectivity index is 1.28. The zero-order valence-electron chi connectivity index (χ0n) is 24.4. The first-order valence-electron chi connectivity index (χ1n) is 13.8. The lowest BCUT2D eigenvalue weighted by atomic mass is 9.87. The first-order chi connectivity index (χ1) is 19.3. The fourth-order valence-corrected chi connectivity index (χ4v) is 4.91. The van der Waals surface area contributed by atoms with Gasteiger partial charge in [0.1, 0.15) is 17.3 Å². The average molecular weight is 563 g/mol. The van der Waals surface area contributed by atoms with Crippen molar-refractivity contribution in [1.29, 1.82) is 0 Å². The van der Waals surface area contributed by atoms with Crippen molar-refractivity contribution in [3.63, 3.8) is 0 Å². The van der Waals surface area contributed by atoms with Crippen molar-refractivity contribution in [3.8, 4) is 11.5 Å². The molecule has 1 aliphatic heterocycles. The van der Waals surface area contributed by atoms with Gasteiger partial charge in [-0.05, 0) is 65.4 Å². The lowest BCUT2D eigenvalue weighted by molar-refractivity contribution is -0.153. The van der Waals surface area contributed by atoms with Crippen LogP contribution < -0.4 is 9.47 Å². The lowest BCUT2D eigenvalue weighted by Crippen LogP contribution is -2.43. The van der Waals surface area contributed by atoms with Crippen molar-refractivity contribution in [2.75, 3.05) is 20.2 Å². The molecule has 2 unspecified atom stereocenters. The van der Waals surface area contributed by atoms with Crippen LogP contribution in [0.2, 0.25) is 0 Å². The molecule has 1 aliphatic rings. The van der Waals surface area contributed by atoms with Crippen LogP contribution >= 0.6 is 0 Å². The molecule has 218 valence electrons. The molecular formula is C33H39FN2O5. The van der Waals surface area contributed by atoms with Gasteiger partial charge < -0.3 is 24.4 Å². The van der Waals surface area contributed by atoms with Gasteiger partial charge in [-0.15, -0.1) is 0 Å². The number of hydrogen-bond donors (Lipinski definition) is 1. The third-order valence-corrected chi connectivity index (χ3v) is 7.54. The Labute approximate surface area is 241 Å². The molecule has 0 saturated carbocycles. The second-order valence-electron chi connectivity index (χ2n) is 11.9. The van der Waals surface area contributed by atoms with Crippen molar-refractivity contribution in [1.82, 2.24) is 9.80 Å². The molecule has 41 heavy (non-hydrogen) atoms. The number of aliphatic carboxylic acids is 1. The molecular weight excluding hydrogens is 523 g/mol. The minimum Gasteiger partial charge on any atom is -0.494 e. The van der Waals surface area contributed by atoms with Crippen LogP contribution in [0, 0.1) is 5.82 Å². The number of rotatable bonds is 11. The Morgan fingerprint density at radius 2 is 1.51 bits per heavy atom. The number of carbonyl (C=O) groups excluding carboxylic acids is 1. The van der Waals surface area contributed by atoms with E-state index in [4.69, 9.17) is 9.47 Å². The van der Waals surface area contributed by atoms with E-state index < -0.39 is 17.4 Å². The van der Waals surface area contributed by atoms with Crippen LogP contribution in [-0.2, 0) is 23.2 Å². The summed E-state index contributed by atoms with van der Waals surface area (Å²) in [4.78, 5) is 28.5. The summed E-state index contributed by atoms with van der Waals surface area (Å²) in [5.41, 5.74) is 1.70. The predicted octanol–water partition coefficient (Wildman–Crippen LogP) is 6.29. The van der Waals surface area contributed by atoms with Gasteiger partial charge in [0.25, 0.3) is 0 Å². The van der Waals surface area contributed by atoms with Gasteiger partial charge in [-0.25, -0.2) is 14.0 Å². The third kappa shape index (κ3) is 7.57. The summed E-state index contributed by atoms with van der Waals surface area (Å²) in [5, 5.41) is 9.81. The van der Waals surface area contributed by atoms with E-state index in [0.717, 1.165) is 11.1 Å². The highest BCUT2D eigenvalue weighted by atomic mass is 19.1. The number of carboxylic acids is 1. The van der Waals surface area contributed by atoms with E-state index >= 15 is 0 Å². The quantitative estimate of drug-likeness (QED) is 0.297. The molecule has 2 amide bonds. The number of hydrogen-bond acceptors (Lipinski definition) is 4. The maximum atomic E-state index is 13.2. The molecule has 4 rings (SSSR count). The van der Waals surface area contributed by atoms with Gasteiger partial charge in [0.15, 0.2) is 0 Å². The van der Waals surface area contributed by atoms with E-state index in [1.807, 2.05) is 24.1 Å². The smallest absolute Gasteiger partial charge is 0.348 e. The molecule has 7 nitrogen and oxygen atoms in total. The molecule has 0 aromatic heterocycles. The largest absolute Gasteiger partial charge is 0.494 e. The minimum absolute atomic E-state index is 0.0172. The predicted molar refractivity (Wildman–Crippen MR) is 156 cm³/mol. The molecule has 0 bridgehead atoms. The zero-order valence-corrected chi connectivity index (χ0v) is 24.4. The van der Waals surface area contributed by atoms with Gasteiger partial charge in [0.05, 0.1) is 12.6 Å². The number of benzene rings is 3. The molecule has 1 N–H and O–H groups in total. The van der Waals surface area contributed by atoms with Gasteiger partial charge in [-0.2, -0.15) is 0 Å². The number of halogens is 1. The maximum absolute atomic E-state index is 13.2. The highest BCUT2D eigenvalue weighted by Gasteiger charge is 2.36. The van der Waals surface area contributed by atoms with Crippen LogP contribution in [0.3, 0.4) is 0 Å². The van der Waals surface area contributed by atoms with Crippen LogP contribution in [0.4, 0.5) is 9.18 Å². The second kappa shape index (κ2) is 12.2. The third-order valence-electron chi connectivity index (χ3n) is 7.54. The van der Waals surface area contributed by atoms with E-state index in [-0.39, 0.29) is 29.7 Å². The number of likely N-dealkylation sites (N-methyl/N-ethyl adjacent to an activating group) is 1. The summed E-state index contributed by atoms with van der Waals surface area (Å²) in [6.45, 7) is 9.70. The number of urea groups is 1. The van der Waals surface area contributed by atoms with Gasteiger partial charge in [-0.3, -0.25) is 0 Å². The zero-order chi connectivity index (χ0) is 29.8. The molecule has 0 aliphatic carbocycles. The van der Waals surface area contributed by atoms with Crippen LogP contribution in [0.15, 0.2) is 72.8 Å². The molecule has 0 radical (unpaired) electrons. The Hall–Kier alpha value is -4.07. The number of nitrogens with zero attached hydrogens (tertiary/aromatic N) is 2. The normalized spacial score (nSPS) is 16.9. The van der Waals surface area contributed by atoms with E-state index in [1.54, 1.807) is 17.0 Å². The van der Waals surface area contributed by atoms with E-state index in [2.05, 4.69) is 45.0 Å². The fourth-order valence-electron chi connectivity index (χ4n) is 4.91. The summed E-state index contributed by atoms with van der Waals surface area (Å²) >= 11 is 0. The highest BCUT2D eigenvalue weighted by Crippen LogP contribution is 2.26. The van der Waals surface area contributed by atoms with Crippen molar-refractivity contribution in [2.24, 2.45) is 0 Å². The highest BCUT2D eigenvalue weighted by molar-refractivity contribution is 5.78. The Bertz CT molecular complexity index is 1340. The van der Waals surface area contributed by atoms with Gasteiger partial charge in [0, 0.05) is 33.0 Å². The molecule has 3 aromatic rings. The number of amides is 2. The number of carbonyl (C=O) groups is 2. The Kier molecular flexibility index (Phi) is 8.90. The van der Waals surface area contributed by atoms with Gasteiger partial charge >= 0.3 is 12.0 Å². The van der Waals surface area contributed by atoms with Gasteiger partial charge in [0.2, 0.25) is 5.60 Å². The van der Waals surface area contributed by atoms with Crippen LogP contribution in [0.25, 0.3) is 0 Å². The monoisotopic (exact) mass is 562 g/mol. The summed E-state index contributed by atoms with van der Waals surface area (Å²) in [6, 6.07) is 21.0. The first-order valence-corrected chi connectivity index (χ1v) is 13.8. The van der Waals surface area contributed by atoms with Crippen LogP contribution in [-0.4, -0.2) is 58.7 Å². The average Bonchev–Trinajstić information content (AvgIpc) is 3.18. The summed E-state index contributed by atoms with van der Waals surface area (Å²) in [6.07, 6.45) is 0.801. The molecule has 8 heteroatoms. The summed E-state index contributed by atoms with van der Waals surface area (Å²) in [5.74, 6) is -0.597. The second-order valence-corrected chi connectivity index (χ2v) is 11.9. The standard InChI is InChI=1S/C33H39FN2O5/c1-32(2,3)25-10-6-24(7-11-25)21-36-22-27(35(5)31(36)39)18-19-40-28-14-8-23(9-15-28)20-33(4,30(37)38)41-29-16-12-26(34)13-17-29/h6-17,27H,18-22H2,1-5H3,(H,37,38). The Morgan fingerprint density at radius 3 is 2.10 bits per heavy atom. The van der Waals surface area contributed by atoms with Crippen LogP contribution in [0.1, 0.15) is 50.8 Å². The number of carboxylic acid groups (broad SMARTS) is 1. The van der Waals surface area contributed by atoms with Gasteiger partial charge in [-0.1, -0.05) is 57.2 Å². The van der Waals surface area contributed by atoms with E-state index in [9.17, 15) is 19.1 Å². The topological polar surface area (TPSA) is 79.3 Å². The summed E-state index contributed by atoms with van der Waals surface area (Å²) < 4.78 is 24.9.